The number of nitrogens with one attached hydrogen (secondary N) is 2. The van der Waals surface area contributed by atoms with Crippen LogP contribution in [-0.4, -0.2) is 30.9 Å². The van der Waals surface area contributed by atoms with Gasteiger partial charge in [0.1, 0.15) is 17.5 Å². The molecular weight excluding hydrogens is 342 g/mol. The molecule has 0 aliphatic heterocycles. The van der Waals surface area contributed by atoms with Gasteiger partial charge in [-0.2, -0.15) is 15.5 Å². The van der Waals surface area contributed by atoms with Gasteiger partial charge >= 0.3 is 0 Å². The SMILES string of the molecule is Cc1cc(C#N)cnc1C(=O)Nc1ccc2[nH]nc(-c3cnn(C)c3)c2c1. The topological polar surface area (TPSA) is 112 Å². The molecule has 2 N–H and O–H groups in total. The molecule has 3 aromatic heterocycles. The fourth-order valence-electron chi connectivity index (χ4n) is 2.92. The summed E-state index contributed by atoms with van der Waals surface area (Å²) in [4.78, 5) is 16.7. The van der Waals surface area contributed by atoms with Crippen molar-refractivity contribution < 1.29 is 4.79 Å². The van der Waals surface area contributed by atoms with E-state index in [2.05, 4.69) is 25.6 Å². The Morgan fingerprint density at radius 3 is 2.85 bits per heavy atom. The number of pyridine rings is 1. The minimum Gasteiger partial charge on any atom is -0.321 e. The van der Waals surface area contributed by atoms with E-state index >= 15 is 0 Å². The van der Waals surface area contributed by atoms with Gasteiger partial charge in [0, 0.05) is 36.1 Å². The number of anilines is 1. The second-order valence-electron chi connectivity index (χ2n) is 6.19. The number of H-pyrrole nitrogens is 1. The number of fused-ring (bicyclic) bond motifs is 1. The van der Waals surface area contributed by atoms with Gasteiger partial charge in [0.15, 0.2) is 0 Å². The minimum absolute atomic E-state index is 0.286. The molecular formula is C19H15N7O. The molecule has 0 saturated carbocycles. The second kappa shape index (κ2) is 6.38. The third-order valence-corrected chi connectivity index (χ3v) is 4.22. The number of amides is 1. The molecule has 0 aliphatic rings. The summed E-state index contributed by atoms with van der Waals surface area (Å²) in [5.74, 6) is -0.331. The number of benzene rings is 1. The first-order chi connectivity index (χ1) is 13.0. The van der Waals surface area contributed by atoms with E-state index in [4.69, 9.17) is 5.26 Å². The number of aromatic amines is 1. The van der Waals surface area contributed by atoms with E-state index in [-0.39, 0.29) is 11.6 Å². The Kier molecular flexibility index (Phi) is 3.90. The Bertz CT molecular complexity index is 1210. The summed E-state index contributed by atoms with van der Waals surface area (Å²) < 4.78 is 1.71. The number of aromatic nitrogens is 5. The van der Waals surface area contributed by atoms with E-state index in [1.807, 2.05) is 31.4 Å². The standard InChI is InChI=1S/C19H15N7O/c1-11-5-12(7-20)8-21-17(11)19(27)23-14-3-4-16-15(6-14)18(25-24-16)13-9-22-26(2)10-13/h3-6,8-10H,1-2H3,(H,23,27)(H,24,25). The Balaban J connectivity index is 1.66. The average Bonchev–Trinajstić information content (AvgIpc) is 3.27. The van der Waals surface area contributed by atoms with Crippen LogP contribution >= 0.6 is 0 Å². The van der Waals surface area contributed by atoms with Gasteiger partial charge in [0.05, 0.1) is 17.3 Å². The van der Waals surface area contributed by atoms with Crippen LogP contribution in [0.2, 0.25) is 0 Å². The smallest absolute Gasteiger partial charge is 0.274 e. The molecule has 0 atom stereocenters. The van der Waals surface area contributed by atoms with Gasteiger partial charge in [0.2, 0.25) is 0 Å². The van der Waals surface area contributed by atoms with Crippen LogP contribution in [0.4, 0.5) is 5.69 Å². The van der Waals surface area contributed by atoms with Crippen LogP contribution in [0, 0.1) is 18.3 Å². The van der Waals surface area contributed by atoms with Crippen molar-refractivity contribution in [2.75, 3.05) is 5.32 Å². The summed E-state index contributed by atoms with van der Waals surface area (Å²) in [6, 6.07) is 9.17. The van der Waals surface area contributed by atoms with Crippen molar-refractivity contribution in [3.8, 4) is 17.3 Å². The van der Waals surface area contributed by atoms with Crippen LogP contribution in [0.15, 0.2) is 42.9 Å². The minimum atomic E-state index is -0.331. The first kappa shape index (κ1) is 16.5. The van der Waals surface area contributed by atoms with Crippen molar-refractivity contribution in [1.82, 2.24) is 25.0 Å². The molecule has 0 spiro atoms. The maximum Gasteiger partial charge on any atom is 0.274 e. The summed E-state index contributed by atoms with van der Waals surface area (Å²) >= 11 is 0. The quantitative estimate of drug-likeness (QED) is 0.585. The number of hydrogen-bond donors (Lipinski definition) is 2. The molecule has 0 radical (unpaired) electrons. The summed E-state index contributed by atoms with van der Waals surface area (Å²) in [7, 11) is 1.84. The average molecular weight is 357 g/mol. The van der Waals surface area contributed by atoms with E-state index < -0.39 is 0 Å². The summed E-state index contributed by atoms with van der Waals surface area (Å²) in [5, 5.41) is 24.2. The lowest BCUT2D eigenvalue weighted by Gasteiger charge is -2.07. The fraction of sp³-hybridized carbons (Fsp3) is 0.105. The first-order valence-electron chi connectivity index (χ1n) is 8.20. The molecule has 3 heterocycles. The molecule has 0 bridgehead atoms. The van der Waals surface area contributed by atoms with Crippen molar-refractivity contribution in [2.45, 2.75) is 6.92 Å². The van der Waals surface area contributed by atoms with Crippen molar-refractivity contribution in [2.24, 2.45) is 7.05 Å². The van der Waals surface area contributed by atoms with Gasteiger partial charge in [-0.05, 0) is 36.8 Å². The zero-order valence-corrected chi connectivity index (χ0v) is 14.7. The largest absolute Gasteiger partial charge is 0.321 e. The number of hydrogen-bond acceptors (Lipinski definition) is 5. The Labute approximate surface area is 154 Å². The van der Waals surface area contributed by atoms with E-state index in [1.165, 1.54) is 6.20 Å². The number of carbonyl (C=O) groups excluding carboxylic acids is 1. The predicted octanol–water partition coefficient (Wildman–Crippen LogP) is 2.79. The maximum atomic E-state index is 12.6. The molecule has 8 nitrogen and oxygen atoms in total. The highest BCUT2D eigenvalue weighted by atomic mass is 16.1. The fourth-order valence-corrected chi connectivity index (χ4v) is 2.92. The van der Waals surface area contributed by atoms with Crippen molar-refractivity contribution >= 4 is 22.5 Å². The Hall–Kier alpha value is -3.99. The lowest BCUT2D eigenvalue weighted by atomic mass is 10.1. The molecule has 0 saturated heterocycles. The zero-order chi connectivity index (χ0) is 19.0. The molecule has 1 aromatic carbocycles. The number of rotatable bonds is 3. The van der Waals surface area contributed by atoms with Crippen LogP contribution < -0.4 is 5.32 Å². The normalized spacial score (nSPS) is 10.7. The lowest BCUT2D eigenvalue weighted by molar-refractivity contribution is 0.102. The van der Waals surface area contributed by atoms with Gasteiger partial charge in [-0.25, -0.2) is 4.98 Å². The van der Waals surface area contributed by atoms with Crippen LogP contribution in [-0.2, 0) is 7.05 Å². The van der Waals surface area contributed by atoms with Crippen LogP contribution in [0.1, 0.15) is 21.6 Å². The molecule has 1 amide bonds. The monoisotopic (exact) mass is 357 g/mol. The van der Waals surface area contributed by atoms with Crippen LogP contribution in [0.3, 0.4) is 0 Å². The van der Waals surface area contributed by atoms with Gasteiger partial charge < -0.3 is 5.32 Å². The molecule has 132 valence electrons. The van der Waals surface area contributed by atoms with Gasteiger partial charge in [-0.1, -0.05) is 0 Å². The lowest BCUT2D eigenvalue weighted by Crippen LogP contribution is -2.15. The molecule has 0 aliphatic carbocycles. The summed E-state index contributed by atoms with van der Waals surface area (Å²) in [6.07, 6.45) is 5.01. The van der Waals surface area contributed by atoms with E-state index in [0.717, 1.165) is 22.2 Å². The number of carbonyl (C=O) groups is 1. The van der Waals surface area contributed by atoms with Crippen LogP contribution in [0.5, 0.6) is 0 Å². The maximum absolute atomic E-state index is 12.6. The van der Waals surface area contributed by atoms with E-state index in [0.29, 0.717) is 16.8 Å². The van der Waals surface area contributed by atoms with Crippen LogP contribution in [0.25, 0.3) is 22.2 Å². The number of nitrogens with zero attached hydrogens (tertiary/aromatic N) is 5. The van der Waals surface area contributed by atoms with Gasteiger partial charge in [0.25, 0.3) is 5.91 Å². The molecule has 4 aromatic rings. The van der Waals surface area contributed by atoms with E-state index in [1.54, 1.807) is 29.9 Å². The summed E-state index contributed by atoms with van der Waals surface area (Å²) in [6.45, 7) is 1.75. The molecule has 4 rings (SSSR count). The summed E-state index contributed by atoms with van der Waals surface area (Å²) in [5.41, 5.74) is 4.49. The Morgan fingerprint density at radius 2 is 2.15 bits per heavy atom. The third kappa shape index (κ3) is 3.02. The Morgan fingerprint density at radius 1 is 1.30 bits per heavy atom. The van der Waals surface area contributed by atoms with Gasteiger partial charge in [-0.3, -0.25) is 14.6 Å². The molecule has 8 heteroatoms. The highest BCUT2D eigenvalue weighted by Gasteiger charge is 2.14. The molecule has 0 fully saturated rings. The van der Waals surface area contributed by atoms with Crippen molar-refractivity contribution in [1.29, 1.82) is 5.26 Å². The highest BCUT2D eigenvalue weighted by Crippen LogP contribution is 2.28. The zero-order valence-electron chi connectivity index (χ0n) is 14.7. The third-order valence-electron chi connectivity index (χ3n) is 4.22. The highest BCUT2D eigenvalue weighted by molar-refractivity contribution is 6.05. The van der Waals surface area contributed by atoms with Crippen molar-refractivity contribution in [3.05, 3.63) is 59.7 Å². The van der Waals surface area contributed by atoms with Crippen molar-refractivity contribution in [3.63, 3.8) is 0 Å². The number of aryl methyl sites for hydroxylation is 2. The first-order valence-corrected chi connectivity index (χ1v) is 8.20. The number of nitriles is 1. The predicted molar refractivity (Wildman–Crippen MR) is 99.9 cm³/mol. The second-order valence-corrected chi connectivity index (χ2v) is 6.19. The van der Waals surface area contributed by atoms with E-state index in [9.17, 15) is 4.79 Å². The van der Waals surface area contributed by atoms with Gasteiger partial charge in [-0.15, -0.1) is 0 Å². The molecule has 0 unspecified atom stereocenters. The molecule has 27 heavy (non-hydrogen) atoms.